The number of rotatable bonds is 3. The van der Waals surface area contributed by atoms with Gasteiger partial charge in [-0.15, -0.1) is 0 Å². The molecule has 3 rings (SSSR count). The Kier molecular flexibility index (Phi) is 3.46. The highest BCUT2D eigenvalue weighted by molar-refractivity contribution is 5.36. The third-order valence-corrected chi connectivity index (χ3v) is 3.84. The van der Waals surface area contributed by atoms with Crippen LogP contribution in [-0.4, -0.2) is 23.5 Å². The summed E-state index contributed by atoms with van der Waals surface area (Å²) in [6, 6.07) is 7.99. The molecule has 5 heteroatoms. The number of nitrogens with two attached hydrogens (primary N) is 1. The number of hydrogen-bond acceptors (Lipinski definition) is 4. The van der Waals surface area contributed by atoms with Crippen molar-refractivity contribution in [2.75, 3.05) is 13.7 Å². The summed E-state index contributed by atoms with van der Waals surface area (Å²) in [6.45, 7) is 0.690. The molecule has 0 radical (unpaired) electrons. The van der Waals surface area contributed by atoms with E-state index in [1.165, 1.54) is 5.56 Å². The SMILES string of the molecule is COc1cnn(C)c1C(N)C1OCCc2ccccc21. The molecule has 2 atom stereocenters. The molecule has 20 heavy (non-hydrogen) atoms. The summed E-state index contributed by atoms with van der Waals surface area (Å²) in [5.74, 6) is 0.701. The maximum Gasteiger partial charge on any atom is 0.161 e. The van der Waals surface area contributed by atoms with Crippen LogP contribution in [-0.2, 0) is 18.2 Å². The first kappa shape index (κ1) is 13.1. The van der Waals surface area contributed by atoms with E-state index in [1.54, 1.807) is 18.0 Å². The molecule has 0 saturated carbocycles. The molecule has 1 aromatic carbocycles. The molecule has 0 fully saturated rings. The van der Waals surface area contributed by atoms with E-state index in [0.29, 0.717) is 12.4 Å². The highest BCUT2D eigenvalue weighted by atomic mass is 16.5. The number of aromatic nitrogens is 2. The Hall–Kier alpha value is -1.85. The van der Waals surface area contributed by atoms with E-state index in [2.05, 4.69) is 23.3 Å². The second-order valence-corrected chi connectivity index (χ2v) is 4.99. The summed E-state index contributed by atoms with van der Waals surface area (Å²) >= 11 is 0. The molecule has 0 spiro atoms. The molecular weight excluding hydrogens is 254 g/mol. The van der Waals surface area contributed by atoms with Crippen LogP contribution in [0, 0.1) is 0 Å². The Morgan fingerprint density at radius 1 is 1.45 bits per heavy atom. The molecule has 0 aliphatic carbocycles. The zero-order chi connectivity index (χ0) is 14.1. The first-order valence-corrected chi connectivity index (χ1v) is 6.73. The van der Waals surface area contributed by atoms with Crippen molar-refractivity contribution in [2.45, 2.75) is 18.6 Å². The Labute approximate surface area is 118 Å². The van der Waals surface area contributed by atoms with Crippen molar-refractivity contribution < 1.29 is 9.47 Å². The Morgan fingerprint density at radius 2 is 2.25 bits per heavy atom. The van der Waals surface area contributed by atoms with Gasteiger partial charge in [0.1, 0.15) is 6.10 Å². The number of benzene rings is 1. The summed E-state index contributed by atoms with van der Waals surface area (Å²) in [5, 5.41) is 4.22. The molecule has 0 bridgehead atoms. The normalized spacial score (nSPS) is 19.4. The first-order chi connectivity index (χ1) is 9.72. The van der Waals surface area contributed by atoms with Crippen LogP contribution in [0.4, 0.5) is 0 Å². The highest BCUT2D eigenvalue weighted by Crippen LogP contribution is 2.38. The van der Waals surface area contributed by atoms with Crippen LogP contribution in [0.3, 0.4) is 0 Å². The number of fused-ring (bicyclic) bond motifs is 1. The minimum absolute atomic E-state index is 0.163. The lowest BCUT2D eigenvalue weighted by Crippen LogP contribution is -2.29. The molecule has 2 unspecified atom stereocenters. The molecule has 2 N–H and O–H groups in total. The monoisotopic (exact) mass is 273 g/mol. The van der Waals surface area contributed by atoms with E-state index < -0.39 is 0 Å². The van der Waals surface area contributed by atoms with Crippen LogP contribution in [0.25, 0.3) is 0 Å². The number of nitrogens with zero attached hydrogens (tertiary/aromatic N) is 2. The number of ether oxygens (including phenoxy) is 2. The Morgan fingerprint density at radius 3 is 3.05 bits per heavy atom. The van der Waals surface area contributed by atoms with Gasteiger partial charge < -0.3 is 15.2 Å². The van der Waals surface area contributed by atoms with E-state index >= 15 is 0 Å². The van der Waals surface area contributed by atoms with Crippen molar-refractivity contribution >= 4 is 0 Å². The zero-order valence-corrected chi connectivity index (χ0v) is 11.7. The van der Waals surface area contributed by atoms with E-state index in [0.717, 1.165) is 17.7 Å². The van der Waals surface area contributed by atoms with Crippen LogP contribution in [0.5, 0.6) is 5.75 Å². The van der Waals surface area contributed by atoms with Gasteiger partial charge in [0.25, 0.3) is 0 Å². The fraction of sp³-hybridized carbons (Fsp3) is 0.400. The summed E-state index contributed by atoms with van der Waals surface area (Å²) in [6.07, 6.45) is 2.45. The van der Waals surface area contributed by atoms with Gasteiger partial charge >= 0.3 is 0 Å². The zero-order valence-electron chi connectivity index (χ0n) is 11.7. The summed E-state index contributed by atoms with van der Waals surface area (Å²) in [5.41, 5.74) is 9.76. The van der Waals surface area contributed by atoms with Gasteiger partial charge in [-0.3, -0.25) is 4.68 Å². The summed E-state index contributed by atoms with van der Waals surface area (Å²) < 4.78 is 13.0. The average molecular weight is 273 g/mol. The number of methoxy groups -OCH3 is 1. The highest BCUT2D eigenvalue weighted by Gasteiger charge is 2.31. The third kappa shape index (κ3) is 2.09. The van der Waals surface area contributed by atoms with Crippen molar-refractivity contribution in [3.05, 3.63) is 47.3 Å². The van der Waals surface area contributed by atoms with Gasteiger partial charge in [-0.2, -0.15) is 5.10 Å². The van der Waals surface area contributed by atoms with Crippen LogP contribution < -0.4 is 10.5 Å². The predicted octanol–water partition coefficient (Wildman–Crippen LogP) is 1.74. The quantitative estimate of drug-likeness (QED) is 0.925. The lowest BCUT2D eigenvalue weighted by atomic mass is 9.92. The van der Waals surface area contributed by atoms with Crippen LogP contribution in [0.15, 0.2) is 30.5 Å². The average Bonchev–Trinajstić information content (AvgIpc) is 2.87. The second-order valence-electron chi connectivity index (χ2n) is 4.99. The topological polar surface area (TPSA) is 62.3 Å². The van der Waals surface area contributed by atoms with Crippen LogP contribution >= 0.6 is 0 Å². The van der Waals surface area contributed by atoms with E-state index in [9.17, 15) is 0 Å². The fourth-order valence-electron chi connectivity index (χ4n) is 2.83. The lowest BCUT2D eigenvalue weighted by Gasteiger charge is -2.30. The smallest absolute Gasteiger partial charge is 0.161 e. The molecule has 0 amide bonds. The molecule has 1 aromatic heterocycles. The molecule has 1 aliphatic heterocycles. The van der Waals surface area contributed by atoms with Gasteiger partial charge in [0, 0.05) is 7.05 Å². The summed E-state index contributed by atoms with van der Waals surface area (Å²) in [4.78, 5) is 0. The van der Waals surface area contributed by atoms with Gasteiger partial charge in [0.05, 0.1) is 31.6 Å². The van der Waals surface area contributed by atoms with E-state index in [4.69, 9.17) is 15.2 Å². The minimum atomic E-state index is -0.307. The molecule has 106 valence electrons. The largest absolute Gasteiger partial charge is 0.493 e. The van der Waals surface area contributed by atoms with Gasteiger partial charge in [0.15, 0.2) is 5.75 Å². The molecule has 5 nitrogen and oxygen atoms in total. The van der Waals surface area contributed by atoms with Crippen LogP contribution in [0.1, 0.15) is 29.0 Å². The van der Waals surface area contributed by atoms with Gasteiger partial charge in [-0.25, -0.2) is 0 Å². The van der Waals surface area contributed by atoms with Gasteiger partial charge in [-0.05, 0) is 17.5 Å². The third-order valence-electron chi connectivity index (χ3n) is 3.84. The first-order valence-electron chi connectivity index (χ1n) is 6.73. The van der Waals surface area contributed by atoms with Crippen LogP contribution in [0.2, 0.25) is 0 Å². The predicted molar refractivity (Wildman–Crippen MR) is 75.5 cm³/mol. The number of aryl methyl sites for hydroxylation is 1. The lowest BCUT2D eigenvalue weighted by molar-refractivity contribution is 0.0219. The molecular formula is C15H19N3O2. The summed E-state index contributed by atoms with van der Waals surface area (Å²) in [7, 11) is 3.50. The van der Waals surface area contributed by atoms with Crippen molar-refractivity contribution in [3.8, 4) is 5.75 Å². The van der Waals surface area contributed by atoms with Gasteiger partial charge in [-0.1, -0.05) is 24.3 Å². The molecule has 2 heterocycles. The molecule has 2 aromatic rings. The standard InChI is InChI=1S/C15H19N3O2/c1-18-14(12(19-2)9-17-18)13(16)15-11-6-4-3-5-10(11)7-8-20-15/h3-6,9,13,15H,7-8,16H2,1-2H3. The van der Waals surface area contributed by atoms with Gasteiger partial charge in [0.2, 0.25) is 0 Å². The Bertz CT molecular complexity index is 609. The van der Waals surface area contributed by atoms with Crippen molar-refractivity contribution in [3.63, 3.8) is 0 Å². The minimum Gasteiger partial charge on any atom is -0.493 e. The Balaban J connectivity index is 1.99. The maximum atomic E-state index is 6.44. The second kappa shape index (κ2) is 5.26. The molecule has 1 aliphatic rings. The maximum absolute atomic E-state index is 6.44. The van der Waals surface area contributed by atoms with Crippen molar-refractivity contribution in [1.29, 1.82) is 0 Å². The van der Waals surface area contributed by atoms with E-state index in [-0.39, 0.29) is 12.1 Å². The fourth-order valence-corrected chi connectivity index (χ4v) is 2.83. The van der Waals surface area contributed by atoms with E-state index in [1.807, 2.05) is 13.1 Å². The van der Waals surface area contributed by atoms with Crippen molar-refractivity contribution in [2.24, 2.45) is 12.8 Å². The molecule has 0 saturated heterocycles. The van der Waals surface area contributed by atoms with Crippen molar-refractivity contribution in [1.82, 2.24) is 9.78 Å². The number of hydrogen-bond donors (Lipinski definition) is 1.